The highest BCUT2D eigenvalue weighted by Crippen LogP contribution is 2.26. The normalized spacial score (nSPS) is 11.8. The fourth-order valence-corrected chi connectivity index (χ4v) is 5.40. The third-order valence-corrected chi connectivity index (χ3v) is 7.96. The van der Waals surface area contributed by atoms with Crippen molar-refractivity contribution in [1.29, 1.82) is 0 Å². The van der Waals surface area contributed by atoms with Gasteiger partial charge in [0.2, 0.25) is 21.8 Å². The van der Waals surface area contributed by atoms with Gasteiger partial charge in [0.1, 0.15) is 24.1 Å². The van der Waals surface area contributed by atoms with Crippen LogP contribution in [0.5, 0.6) is 11.5 Å². The maximum Gasteiger partial charge on any atom is 0.244 e. The van der Waals surface area contributed by atoms with Gasteiger partial charge in [0.25, 0.3) is 0 Å². The number of benzene rings is 4. The van der Waals surface area contributed by atoms with E-state index in [9.17, 15) is 18.0 Å². The standard InChI is InChI=1S/C32H32ClN3O5S/c1-34-32(38)30(21-24-9-5-3-6-10-24)35(22-25-13-15-26(33)16-14-25)31(37)23-36(42(2,39)40)27-17-19-29(20-18-27)41-28-11-7-4-8-12-28/h3-20,30H,21-23H2,1-2H3,(H,34,38)/t30-/m0/s1. The molecule has 8 nitrogen and oxygen atoms in total. The molecule has 10 heteroatoms. The summed E-state index contributed by atoms with van der Waals surface area (Å²) >= 11 is 6.07. The van der Waals surface area contributed by atoms with Gasteiger partial charge in [-0.25, -0.2) is 8.42 Å². The number of halogens is 1. The van der Waals surface area contributed by atoms with Crippen LogP contribution in [0.1, 0.15) is 11.1 Å². The van der Waals surface area contributed by atoms with Gasteiger partial charge in [-0.15, -0.1) is 0 Å². The van der Waals surface area contributed by atoms with Crippen molar-refractivity contribution in [1.82, 2.24) is 10.2 Å². The van der Waals surface area contributed by atoms with Gasteiger partial charge in [-0.1, -0.05) is 72.3 Å². The number of likely N-dealkylation sites (N-methyl/N-ethyl adjacent to an activating group) is 1. The summed E-state index contributed by atoms with van der Waals surface area (Å²) in [6.45, 7) is -0.435. The van der Waals surface area contributed by atoms with Crippen LogP contribution >= 0.6 is 11.6 Å². The molecular weight excluding hydrogens is 574 g/mol. The molecule has 0 aliphatic rings. The minimum absolute atomic E-state index is 0.0718. The lowest BCUT2D eigenvalue weighted by atomic mass is 10.0. The number of carbonyl (C=O) groups is 2. The summed E-state index contributed by atoms with van der Waals surface area (Å²) in [4.78, 5) is 28.6. The molecule has 0 aromatic heterocycles. The van der Waals surface area contributed by atoms with E-state index >= 15 is 0 Å². The van der Waals surface area contributed by atoms with Gasteiger partial charge in [0, 0.05) is 25.0 Å². The summed E-state index contributed by atoms with van der Waals surface area (Å²) in [6.07, 6.45) is 1.28. The minimum Gasteiger partial charge on any atom is -0.457 e. The van der Waals surface area contributed by atoms with Crippen LogP contribution in [0.4, 0.5) is 5.69 Å². The van der Waals surface area contributed by atoms with Gasteiger partial charge in [-0.3, -0.25) is 13.9 Å². The first-order valence-corrected chi connectivity index (χ1v) is 15.5. The molecule has 1 atom stereocenters. The molecular formula is C32H32ClN3O5S. The average Bonchev–Trinajstić information content (AvgIpc) is 2.99. The van der Waals surface area contributed by atoms with E-state index in [4.69, 9.17) is 16.3 Å². The molecule has 42 heavy (non-hydrogen) atoms. The number of carbonyl (C=O) groups excluding carboxylic acids is 2. The second-order valence-electron chi connectivity index (χ2n) is 9.65. The summed E-state index contributed by atoms with van der Waals surface area (Å²) < 4.78 is 32.7. The van der Waals surface area contributed by atoms with Crippen molar-refractivity contribution in [3.63, 3.8) is 0 Å². The van der Waals surface area contributed by atoms with E-state index in [-0.39, 0.29) is 24.6 Å². The number of hydrogen-bond acceptors (Lipinski definition) is 5. The Kier molecular flexibility index (Phi) is 10.2. The van der Waals surface area contributed by atoms with Crippen molar-refractivity contribution in [3.8, 4) is 11.5 Å². The van der Waals surface area contributed by atoms with Crippen LogP contribution in [0.15, 0.2) is 109 Å². The maximum absolute atomic E-state index is 14.0. The maximum atomic E-state index is 14.0. The molecule has 0 bridgehead atoms. The van der Waals surface area contributed by atoms with Gasteiger partial charge in [-0.05, 0) is 59.7 Å². The van der Waals surface area contributed by atoms with Gasteiger partial charge >= 0.3 is 0 Å². The molecule has 0 saturated heterocycles. The number of ether oxygens (including phenoxy) is 1. The number of para-hydroxylation sites is 1. The van der Waals surface area contributed by atoms with Gasteiger partial charge in [-0.2, -0.15) is 0 Å². The fraction of sp³-hybridized carbons (Fsp3) is 0.188. The Morgan fingerprint density at radius 2 is 1.38 bits per heavy atom. The molecule has 2 amide bonds. The second-order valence-corrected chi connectivity index (χ2v) is 12.0. The molecule has 0 fully saturated rings. The molecule has 0 radical (unpaired) electrons. The Labute approximate surface area is 251 Å². The van der Waals surface area contributed by atoms with Crippen molar-refractivity contribution in [2.24, 2.45) is 0 Å². The zero-order valence-corrected chi connectivity index (χ0v) is 24.9. The lowest BCUT2D eigenvalue weighted by molar-refractivity contribution is -0.139. The highest BCUT2D eigenvalue weighted by molar-refractivity contribution is 7.92. The number of sulfonamides is 1. The zero-order valence-electron chi connectivity index (χ0n) is 23.3. The van der Waals surface area contributed by atoms with Crippen LogP contribution in [0.2, 0.25) is 5.02 Å². The highest BCUT2D eigenvalue weighted by atomic mass is 35.5. The van der Waals surface area contributed by atoms with Crippen LogP contribution in [-0.2, 0) is 32.6 Å². The van der Waals surface area contributed by atoms with Gasteiger partial charge in [0.15, 0.2) is 0 Å². The van der Waals surface area contributed by atoms with Crippen molar-refractivity contribution in [3.05, 3.63) is 125 Å². The zero-order chi connectivity index (χ0) is 30.1. The SMILES string of the molecule is CNC(=O)[C@H](Cc1ccccc1)N(Cc1ccc(Cl)cc1)C(=O)CN(c1ccc(Oc2ccccc2)cc1)S(C)(=O)=O. The van der Waals surface area contributed by atoms with Crippen LogP contribution in [0.25, 0.3) is 0 Å². The Bertz CT molecular complexity index is 1580. The Morgan fingerprint density at radius 3 is 1.95 bits per heavy atom. The van der Waals surface area contributed by atoms with Crippen molar-refractivity contribution in [2.75, 3.05) is 24.2 Å². The highest BCUT2D eigenvalue weighted by Gasteiger charge is 2.32. The topological polar surface area (TPSA) is 96.0 Å². The summed E-state index contributed by atoms with van der Waals surface area (Å²) in [7, 11) is -2.37. The molecule has 0 unspecified atom stereocenters. The molecule has 4 aromatic rings. The van der Waals surface area contributed by atoms with E-state index in [2.05, 4.69) is 5.32 Å². The van der Waals surface area contributed by atoms with Gasteiger partial charge in [0.05, 0.1) is 11.9 Å². The third kappa shape index (κ3) is 8.34. The number of hydrogen-bond donors (Lipinski definition) is 1. The Hall–Kier alpha value is -4.34. The molecule has 1 N–H and O–H groups in total. The lowest BCUT2D eigenvalue weighted by Gasteiger charge is -2.33. The number of nitrogens with zero attached hydrogens (tertiary/aromatic N) is 2. The quantitative estimate of drug-likeness (QED) is 0.237. The molecule has 4 aromatic carbocycles. The first-order valence-electron chi connectivity index (χ1n) is 13.2. The second kappa shape index (κ2) is 14.0. The van der Waals surface area contributed by atoms with Crippen molar-refractivity contribution >= 4 is 39.1 Å². The van der Waals surface area contributed by atoms with E-state index < -0.39 is 28.5 Å². The van der Waals surface area contributed by atoms with E-state index in [1.165, 1.54) is 11.9 Å². The molecule has 0 heterocycles. The summed E-state index contributed by atoms with van der Waals surface area (Å²) in [5, 5.41) is 3.19. The Morgan fingerprint density at radius 1 is 0.810 bits per heavy atom. The van der Waals surface area contributed by atoms with Crippen LogP contribution in [-0.4, -0.2) is 51.0 Å². The van der Waals surface area contributed by atoms with E-state index in [0.717, 1.165) is 21.7 Å². The largest absolute Gasteiger partial charge is 0.457 e. The predicted octanol–water partition coefficient (Wildman–Crippen LogP) is 5.28. The van der Waals surface area contributed by atoms with E-state index in [0.29, 0.717) is 16.5 Å². The third-order valence-electron chi connectivity index (χ3n) is 6.57. The monoisotopic (exact) mass is 605 g/mol. The van der Waals surface area contributed by atoms with Crippen molar-refractivity contribution < 1.29 is 22.7 Å². The molecule has 218 valence electrons. The summed E-state index contributed by atoms with van der Waals surface area (Å²) in [5.41, 5.74) is 1.88. The molecule has 0 saturated carbocycles. The van der Waals surface area contributed by atoms with Crippen LogP contribution in [0.3, 0.4) is 0 Å². The fourth-order valence-electron chi connectivity index (χ4n) is 4.43. The number of anilines is 1. The number of rotatable bonds is 12. The molecule has 4 rings (SSSR count). The average molecular weight is 606 g/mol. The summed E-state index contributed by atoms with van der Waals surface area (Å²) in [5.74, 6) is 0.243. The minimum atomic E-state index is -3.88. The first-order chi connectivity index (χ1) is 20.1. The number of amides is 2. The van der Waals surface area contributed by atoms with E-state index in [1.54, 1.807) is 48.5 Å². The molecule has 0 aliphatic carbocycles. The smallest absolute Gasteiger partial charge is 0.244 e. The molecule has 0 aliphatic heterocycles. The predicted molar refractivity (Wildman–Crippen MR) is 165 cm³/mol. The molecule has 0 spiro atoms. The number of nitrogens with one attached hydrogen (secondary N) is 1. The van der Waals surface area contributed by atoms with Gasteiger partial charge < -0.3 is 15.0 Å². The lowest BCUT2D eigenvalue weighted by Crippen LogP contribution is -2.52. The first kappa shape index (κ1) is 30.6. The summed E-state index contributed by atoms with van der Waals surface area (Å²) in [6, 6.07) is 31.0. The van der Waals surface area contributed by atoms with E-state index in [1.807, 2.05) is 60.7 Å². The Balaban J connectivity index is 1.64. The van der Waals surface area contributed by atoms with Crippen LogP contribution < -0.4 is 14.4 Å². The van der Waals surface area contributed by atoms with Crippen molar-refractivity contribution in [2.45, 2.75) is 19.0 Å². The van der Waals surface area contributed by atoms with Crippen LogP contribution in [0, 0.1) is 0 Å².